The van der Waals surface area contributed by atoms with E-state index in [4.69, 9.17) is 5.14 Å². The number of primary sulfonamides is 1. The number of rotatable bonds is 5. The molecule has 0 radical (unpaired) electrons. The normalized spacial score (nSPS) is 14.1. The molecule has 15 heavy (non-hydrogen) atoms. The molecule has 1 aromatic heterocycles. The van der Waals surface area contributed by atoms with Gasteiger partial charge in [-0.05, 0) is 12.3 Å². The van der Waals surface area contributed by atoms with Crippen molar-refractivity contribution in [3.05, 3.63) is 12.4 Å². The lowest BCUT2D eigenvalue weighted by atomic mass is 10.1. The largest absolute Gasteiger partial charge is 0.271 e. The SMILES string of the molecule is CCCC(C)Cn1cc(S(N)(=O)=O)cn1. The Bertz CT molecular complexity index is 411. The number of nitrogens with zero attached hydrogens (tertiary/aromatic N) is 2. The van der Waals surface area contributed by atoms with Gasteiger partial charge in [0.15, 0.2) is 0 Å². The van der Waals surface area contributed by atoms with E-state index < -0.39 is 10.0 Å². The van der Waals surface area contributed by atoms with Crippen molar-refractivity contribution in [2.45, 2.75) is 38.1 Å². The summed E-state index contributed by atoms with van der Waals surface area (Å²) < 4.78 is 23.6. The molecule has 0 amide bonds. The topological polar surface area (TPSA) is 78.0 Å². The lowest BCUT2D eigenvalue weighted by Gasteiger charge is -2.09. The van der Waals surface area contributed by atoms with E-state index in [1.165, 1.54) is 12.4 Å². The first-order valence-corrected chi connectivity index (χ1v) is 6.53. The monoisotopic (exact) mass is 231 g/mol. The zero-order valence-corrected chi connectivity index (χ0v) is 9.87. The fourth-order valence-electron chi connectivity index (χ4n) is 1.49. The number of sulfonamides is 1. The average molecular weight is 231 g/mol. The third-order valence-electron chi connectivity index (χ3n) is 2.22. The van der Waals surface area contributed by atoms with E-state index in [9.17, 15) is 8.42 Å². The van der Waals surface area contributed by atoms with Crippen LogP contribution < -0.4 is 5.14 Å². The first-order valence-electron chi connectivity index (χ1n) is 4.98. The average Bonchev–Trinajstić information content (AvgIpc) is 2.52. The molecule has 2 N–H and O–H groups in total. The van der Waals surface area contributed by atoms with Crippen LogP contribution in [-0.4, -0.2) is 18.2 Å². The highest BCUT2D eigenvalue weighted by molar-refractivity contribution is 7.89. The van der Waals surface area contributed by atoms with E-state index in [1.54, 1.807) is 4.68 Å². The Morgan fingerprint density at radius 1 is 1.60 bits per heavy atom. The molecule has 0 spiro atoms. The smallest absolute Gasteiger partial charge is 0.241 e. The fourth-order valence-corrected chi connectivity index (χ4v) is 1.96. The highest BCUT2D eigenvalue weighted by Gasteiger charge is 2.11. The van der Waals surface area contributed by atoms with Crippen LogP contribution in [0.5, 0.6) is 0 Å². The fraction of sp³-hybridized carbons (Fsp3) is 0.667. The summed E-state index contributed by atoms with van der Waals surface area (Å²) in [6.07, 6.45) is 4.98. The second kappa shape index (κ2) is 4.76. The van der Waals surface area contributed by atoms with Crippen molar-refractivity contribution in [3.63, 3.8) is 0 Å². The van der Waals surface area contributed by atoms with Crippen molar-refractivity contribution < 1.29 is 8.42 Å². The minimum atomic E-state index is -3.61. The summed E-state index contributed by atoms with van der Waals surface area (Å²) in [6, 6.07) is 0. The molecule has 0 aliphatic rings. The van der Waals surface area contributed by atoms with Gasteiger partial charge in [-0.15, -0.1) is 0 Å². The minimum Gasteiger partial charge on any atom is -0.271 e. The molecule has 1 aromatic rings. The molecule has 1 heterocycles. The van der Waals surface area contributed by atoms with E-state index in [1.807, 2.05) is 0 Å². The lowest BCUT2D eigenvalue weighted by molar-refractivity contribution is 0.420. The Labute approximate surface area is 90.3 Å². The quantitative estimate of drug-likeness (QED) is 0.820. The van der Waals surface area contributed by atoms with E-state index in [2.05, 4.69) is 18.9 Å². The predicted molar refractivity (Wildman–Crippen MR) is 57.7 cm³/mol. The van der Waals surface area contributed by atoms with Crippen molar-refractivity contribution in [1.29, 1.82) is 0 Å². The summed E-state index contributed by atoms with van der Waals surface area (Å²) in [5, 5.41) is 8.94. The summed E-state index contributed by atoms with van der Waals surface area (Å²) >= 11 is 0. The molecule has 0 fully saturated rings. The molecule has 0 aromatic carbocycles. The van der Waals surface area contributed by atoms with Crippen LogP contribution in [0.25, 0.3) is 0 Å². The molecule has 0 saturated heterocycles. The molecule has 1 unspecified atom stereocenters. The van der Waals surface area contributed by atoms with Crippen LogP contribution in [0.1, 0.15) is 26.7 Å². The summed E-state index contributed by atoms with van der Waals surface area (Å²) in [6.45, 7) is 4.96. The second-order valence-corrected chi connectivity index (χ2v) is 5.40. The molecule has 0 bridgehead atoms. The number of aromatic nitrogens is 2. The van der Waals surface area contributed by atoms with Gasteiger partial charge in [-0.25, -0.2) is 13.6 Å². The number of hydrogen-bond acceptors (Lipinski definition) is 3. The molecule has 1 rings (SSSR count). The van der Waals surface area contributed by atoms with Crippen molar-refractivity contribution in [2.24, 2.45) is 11.1 Å². The lowest BCUT2D eigenvalue weighted by Crippen LogP contribution is -2.11. The zero-order valence-electron chi connectivity index (χ0n) is 9.05. The van der Waals surface area contributed by atoms with Crippen molar-refractivity contribution in [3.8, 4) is 0 Å². The Hall–Kier alpha value is -0.880. The van der Waals surface area contributed by atoms with Crippen LogP contribution in [0.2, 0.25) is 0 Å². The van der Waals surface area contributed by atoms with Crippen LogP contribution in [0.4, 0.5) is 0 Å². The molecule has 0 aliphatic carbocycles. The summed E-state index contributed by atoms with van der Waals surface area (Å²) in [5.74, 6) is 0.489. The van der Waals surface area contributed by atoms with Gasteiger partial charge in [0, 0.05) is 12.7 Å². The van der Waals surface area contributed by atoms with Gasteiger partial charge >= 0.3 is 0 Å². The van der Waals surface area contributed by atoms with Gasteiger partial charge in [-0.1, -0.05) is 20.3 Å². The first-order chi connectivity index (χ1) is 6.93. The Kier molecular flexibility index (Phi) is 3.87. The third kappa shape index (κ3) is 3.64. The maximum atomic E-state index is 11.0. The molecule has 0 saturated carbocycles. The highest BCUT2D eigenvalue weighted by Crippen LogP contribution is 2.10. The summed E-state index contributed by atoms with van der Waals surface area (Å²) in [4.78, 5) is 0.0752. The number of hydrogen-bond donors (Lipinski definition) is 1. The van der Waals surface area contributed by atoms with Crippen LogP contribution in [-0.2, 0) is 16.6 Å². The van der Waals surface area contributed by atoms with E-state index >= 15 is 0 Å². The van der Waals surface area contributed by atoms with Gasteiger partial charge in [0.05, 0.1) is 6.20 Å². The molecule has 0 aliphatic heterocycles. The van der Waals surface area contributed by atoms with Crippen LogP contribution in [0.15, 0.2) is 17.3 Å². The maximum absolute atomic E-state index is 11.0. The van der Waals surface area contributed by atoms with Crippen molar-refractivity contribution in [1.82, 2.24) is 9.78 Å². The number of nitrogens with two attached hydrogens (primary N) is 1. The standard InChI is InChI=1S/C9H17N3O2S/c1-3-4-8(2)6-12-7-9(5-11-12)15(10,13)14/h5,7-8H,3-4,6H2,1-2H3,(H2,10,13,14). The van der Waals surface area contributed by atoms with Crippen LogP contribution in [0.3, 0.4) is 0 Å². The van der Waals surface area contributed by atoms with Gasteiger partial charge in [-0.2, -0.15) is 5.10 Å². The Morgan fingerprint density at radius 2 is 2.27 bits per heavy atom. The second-order valence-electron chi connectivity index (χ2n) is 3.84. The molecule has 86 valence electrons. The van der Waals surface area contributed by atoms with Gasteiger partial charge in [0.1, 0.15) is 4.90 Å². The van der Waals surface area contributed by atoms with E-state index in [0.717, 1.165) is 19.4 Å². The van der Waals surface area contributed by atoms with Crippen LogP contribution in [0, 0.1) is 5.92 Å². The van der Waals surface area contributed by atoms with Gasteiger partial charge < -0.3 is 0 Å². The zero-order chi connectivity index (χ0) is 11.5. The summed E-state index contributed by atoms with van der Waals surface area (Å²) in [7, 11) is -3.61. The van der Waals surface area contributed by atoms with Crippen molar-refractivity contribution >= 4 is 10.0 Å². The predicted octanol–water partition coefficient (Wildman–Crippen LogP) is 0.967. The maximum Gasteiger partial charge on any atom is 0.241 e. The van der Waals surface area contributed by atoms with Gasteiger partial charge in [-0.3, -0.25) is 4.68 Å². The molecular weight excluding hydrogens is 214 g/mol. The molecule has 5 nitrogen and oxygen atoms in total. The molecular formula is C9H17N3O2S. The van der Waals surface area contributed by atoms with Gasteiger partial charge in [0.2, 0.25) is 10.0 Å². The van der Waals surface area contributed by atoms with E-state index in [-0.39, 0.29) is 4.90 Å². The minimum absolute atomic E-state index is 0.0752. The highest BCUT2D eigenvalue weighted by atomic mass is 32.2. The van der Waals surface area contributed by atoms with Gasteiger partial charge in [0.25, 0.3) is 0 Å². The first kappa shape index (κ1) is 12.2. The summed E-state index contributed by atoms with van der Waals surface area (Å²) in [5.41, 5.74) is 0. The Morgan fingerprint density at radius 3 is 2.73 bits per heavy atom. The van der Waals surface area contributed by atoms with E-state index in [0.29, 0.717) is 5.92 Å². The van der Waals surface area contributed by atoms with Crippen molar-refractivity contribution in [2.75, 3.05) is 0 Å². The molecule has 6 heteroatoms. The van der Waals surface area contributed by atoms with Crippen LogP contribution >= 0.6 is 0 Å². The third-order valence-corrected chi connectivity index (χ3v) is 3.09. The molecule has 1 atom stereocenters. The Balaban J connectivity index is 2.69.